The van der Waals surface area contributed by atoms with Crippen LogP contribution in [0.25, 0.3) is 0 Å². The highest BCUT2D eigenvalue weighted by molar-refractivity contribution is 5.97. The zero-order chi connectivity index (χ0) is 26.7. The Kier molecular flexibility index (Phi) is 12.6. The van der Waals surface area contributed by atoms with E-state index < -0.39 is 30.0 Å². The molecule has 0 saturated heterocycles. The van der Waals surface area contributed by atoms with E-state index in [0.29, 0.717) is 23.6 Å². The second-order valence-corrected chi connectivity index (χ2v) is 8.55. The number of carbonyl (C=O) groups is 3. The van der Waals surface area contributed by atoms with E-state index in [1.165, 1.54) is 24.5 Å². The van der Waals surface area contributed by atoms with Gasteiger partial charge in [0.05, 0.1) is 12.1 Å². The number of nitrogens with one attached hydrogen (secondary N) is 3. The molecule has 3 amide bonds. The summed E-state index contributed by atoms with van der Waals surface area (Å²) < 4.78 is 0. The van der Waals surface area contributed by atoms with Gasteiger partial charge in [-0.15, -0.1) is 0 Å². The molecule has 9 heteroatoms. The third kappa shape index (κ3) is 10.2. The van der Waals surface area contributed by atoms with Crippen molar-refractivity contribution in [2.75, 3.05) is 5.32 Å². The third-order valence-electron chi connectivity index (χ3n) is 5.00. The Morgan fingerprint density at radius 2 is 1.41 bits per heavy atom. The Labute approximate surface area is 217 Å². The van der Waals surface area contributed by atoms with E-state index in [9.17, 15) is 19.5 Å². The van der Waals surface area contributed by atoms with Crippen LogP contribution in [0.5, 0.6) is 0 Å². The van der Waals surface area contributed by atoms with E-state index in [4.69, 9.17) is 10.9 Å². The summed E-state index contributed by atoms with van der Waals surface area (Å²) in [6.45, 7) is 5.34. The van der Waals surface area contributed by atoms with Gasteiger partial charge in [0.15, 0.2) is 0 Å². The summed E-state index contributed by atoms with van der Waals surface area (Å²) in [6.07, 6.45) is -0.593. The normalized spacial score (nSPS) is 12.3. The lowest BCUT2D eigenvalue weighted by molar-refractivity contribution is -0.133. The molecule has 37 heavy (non-hydrogen) atoms. The lowest BCUT2D eigenvalue weighted by Gasteiger charge is -2.19. The molecule has 0 saturated carbocycles. The fourth-order valence-electron chi connectivity index (χ4n) is 3.10. The number of rotatable bonds is 8. The number of benzene rings is 2. The molecule has 0 aromatic heterocycles. The minimum atomic E-state index is -1.30. The first kappa shape index (κ1) is 30.9. The van der Waals surface area contributed by atoms with Crippen molar-refractivity contribution in [3.8, 4) is 23.7 Å². The summed E-state index contributed by atoms with van der Waals surface area (Å²) in [7, 11) is 0. The van der Waals surface area contributed by atoms with Gasteiger partial charge in [0, 0.05) is 22.4 Å². The number of nitrogens with two attached hydrogens (primary N) is 1. The lowest BCUT2D eigenvalue weighted by Crippen LogP contribution is -2.51. The fourth-order valence-corrected chi connectivity index (χ4v) is 3.10. The molecular formula is C28H34N4O5. The van der Waals surface area contributed by atoms with Crippen LogP contribution in [0.3, 0.4) is 0 Å². The molecule has 2 aromatic rings. The van der Waals surface area contributed by atoms with Gasteiger partial charge in [-0.25, -0.2) is 5.48 Å². The molecule has 7 N–H and O–H groups in total. The van der Waals surface area contributed by atoms with Crippen molar-refractivity contribution in [1.82, 2.24) is 10.8 Å². The van der Waals surface area contributed by atoms with Crippen molar-refractivity contribution >= 4 is 23.4 Å². The van der Waals surface area contributed by atoms with Crippen LogP contribution >= 0.6 is 0 Å². The molecule has 0 spiro atoms. The van der Waals surface area contributed by atoms with E-state index in [2.05, 4.69) is 34.3 Å². The standard InChI is InChI=1S/C27H30N4O5.CH4/c1-17(2)16-23(28)26(34)29-22-14-10-20(11-15-22)7-5-4-6-19-8-12-21(13-9-19)25(33)30-24(18(3)32)27(35)31-36;/h8-15,17-18,23-24,32,36H,16,28H2,1-3H3,(H,29,34)(H,30,33)(H,31,35);1H4/t18-,23+,24+;/m1./s1. The fraction of sp³-hybridized carbons (Fsp3) is 0.321. The average Bonchev–Trinajstić information content (AvgIpc) is 2.85. The summed E-state index contributed by atoms with van der Waals surface area (Å²) in [4.78, 5) is 36.0. The zero-order valence-corrected chi connectivity index (χ0v) is 20.3. The highest BCUT2D eigenvalue weighted by atomic mass is 16.5. The molecule has 0 radical (unpaired) electrons. The monoisotopic (exact) mass is 506 g/mol. The second kappa shape index (κ2) is 15.1. The Balaban J connectivity index is 0.00000684. The first-order valence-corrected chi connectivity index (χ1v) is 11.3. The van der Waals surface area contributed by atoms with Gasteiger partial charge < -0.3 is 21.5 Å². The number of anilines is 1. The maximum Gasteiger partial charge on any atom is 0.268 e. The first-order valence-electron chi connectivity index (χ1n) is 11.3. The molecule has 2 aromatic carbocycles. The first-order chi connectivity index (χ1) is 17.1. The van der Waals surface area contributed by atoms with Gasteiger partial charge in [-0.1, -0.05) is 33.1 Å². The average molecular weight is 507 g/mol. The lowest BCUT2D eigenvalue weighted by atomic mass is 10.0. The number of hydrogen-bond acceptors (Lipinski definition) is 6. The molecule has 0 bridgehead atoms. The Morgan fingerprint density at radius 3 is 1.86 bits per heavy atom. The topological polar surface area (TPSA) is 154 Å². The molecule has 196 valence electrons. The van der Waals surface area contributed by atoms with Gasteiger partial charge in [-0.3, -0.25) is 19.6 Å². The van der Waals surface area contributed by atoms with Crippen LogP contribution < -0.4 is 21.8 Å². The van der Waals surface area contributed by atoms with E-state index in [1.807, 2.05) is 13.8 Å². The number of amides is 3. The summed E-state index contributed by atoms with van der Waals surface area (Å²) >= 11 is 0. The summed E-state index contributed by atoms with van der Waals surface area (Å²) in [5, 5.41) is 23.5. The van der Waals surface area contributed by atoms with Crippen LogP contribution in [0, 0.1) is 29.6 Å². The summed E-state index contributed by atoms with van der Waals surface area (Å²) in [5.41, 5.74) is 9.53. The smallest absolute Gasteiger partial charge is 0.268 e. The molecular weight excluding hydrogens is 472 g/mol. The Morgan fingerprint density at radius 1 is 0.892 bits per heavy atom. The number of hydrogen-bond donors (Lipinski definition) is 6. The SMILES string of the molecule is C.CC(C)C[C@H](N)C(=O)Nc1ccc(C#CC#Cc2ccc(C(=O)N[C@H](C(=O)NO)[C@@H](C)O)cc2)cc1. The number of aliphatic hydroxyl groups excluding tert-OH is 1. The molecule has 0 aliphatic carbocycles. The predicted octanol–water partition coefficient (Wildman–Crippen LogP) is 2.02. The van der Waals surface area contributed by atoms with Crippen LogP contribution in [0.1, 0.15) is 56.1 Å². The maximum absolute atomic E-state index is 12.3. The predicted molar refractivity (Wildman–Crippen MR) is 142 cm³/mol. The van der Waals surface area contributed by atoms with E-state index in [-0.39, 0.29) is 18.9 Å². The molecule has 0 aliphatic heterocycles. The van der Waals surface area contributed by atoms with Gasteiger partial charge in [0.25, 0.3) is 11.8 Å². The van der Waals surface area contributed by atoms with Crippen molar-refractivity contribution < 1.29 is 24.7 Å². The van der Waals surface area contributed by atoms with Gasteiger partial charge in [-0.2, -0.15) is 0 Å². The second-order valence-electron chi connectivity index (χ2n) is 8.55. The van der Waals surface area contributed by atoms with Crippen molar-refractivity contribution in [2.24, 2.45) is 11.7 Å². The van der Waals surface area contributed by atoms with Gasteiger partial charge in [0.1, 0.15) is 6.04 Å². The quantitative estimate of drug-likeness (QED) is 0.183. The van der Waals surface area contributed by atoms with Gasteiger partial charge in [-0.05, 0) is 79.6 Å². The number of hydroxylamine groups is 1. The van der Waals surface area contributed by atoms with E-state index in [1.54, 1.807) is 36.4 Å². The van der Waals surface area contributed by atoms with Crippen LogP contribution in [0.2, 0.25) is 0 Å². The van der Waals surface area contributed by atoms with Crippen LogP contribution in [-0.4, -0.2) is 46.2 Å². The minimum Gasteiger partial charge on any atom is -0.391 e. The molecule has 2 rings (SSSR count). The molecule has 0 fully saturated rings. The van der Waals surface area contributed by atoms with Crippen LogP contribution in [0.4, 0.5) is 5.69 Å². The molecule has 0 unspecified atom stereocenters. The number of aliphatic hydroxyl groups is 1. The summed E-state index contributed by atoms with van der Waals surface area (Å²) in [5.74, 6) is 9.86. The van der Waals surface area contributed by atoms with Crippen molar-refractivity contribution in [3.05, 3.63) is 65.2 Å². The molecule has 0 aliphatic rings. The van der Waals surface area contributed by atoms with Gasteiger partial charge >= 0.3 is 0 Å². The Bertz CT molecular complexity index is 1180. The van der Waals surface area contributed by atoms with Gasteiger partial charge in [0.2, 0.25) is 5.91 Å². The molecule has 3 atom stereocenters. The Hall–Kier alpha value is -4.15. The van der Waals surface area contributed by atoms with Crippen LogP contribution in [-0.2, 0) is 9.59 Å². The van der Waals surface area contributed by atoms with Crippen molar-refractivity contribution in [2.45, 2.75) is 52.8 Å². The summed E-state index contributed by atoms with van der Waals surface area (Å²) in [6, 6.07) is 11.4. The molecule has 0 heterocycles. The van der Waals surface area contributed by atoms with Crippen molar-refractivity contribution in [1.29, 1.82) is 0 Å². The number of carbonyl (C=O) groups excluding carboxylic acids is 3. The van der Waals surface area contributed by atoms with Crippen LogP contribution in [0.15, 0.2) is 48.5 Å². The molecule has 9 nitrogen and oxygen atoms in total. The van der Waals surface area contributed by atoms with E-state index in [0.717, 1.165) is 5.56 Å². The minimum absolute atomic E-state index is 0. The maximum atomic E-state index is 12.3. The zero-order valence-electron chi connectivity index (χ0n) is 20.3. The van der Waals surface area contributed by atoms with E-state index >= 15 is 0 Å². The van der Waals surface area contributed by atoms with Crippen molar-refractivity contribution in [3.63, 3.8) is 0 Å². The largest absolute Gasteiger partial charge is 0.391 e. The highest BCUT2D eigenvalue weighted by Crippen LogP contribution is 2.11. The third-order valence-corrected chi connectivity index (χ3v) is 5.00. The highest BCUT2D eigenvalue weighted by Gasteiger charge is 2.25.